The number of hydrogen-bond acceptors (Lipinski definition) is 3. The highest BCUT2D eigenvalue weighted by Gasteiger charge is 2.28. The molecule has 0 spiro atoms. The van der Waals surface area contributed by atoms with E-state index in [0.29, 0.717) is 23.2 Å². The third-order valence-electron chi connectivity index (χ3n) is 5.93. The summed E-state index contributed by atoms with van der Waals surface area (Å²) < 4.78 is 15.9. The van der Waals surface area contributed by atoms with Crippen molar-refractivity contribution < 1.29 is 9.18 Å². The van der Waals surface area contributed by atoms with Crippen molar-refractivity contribution in [3.8, 4) is 0 Å². The van der Waals surface area contributed by atoms with E-state index in [1.807, 2.05) is 10.9 Å². The number of carbonyl (C=O) groups excluding carboxylic acids is 1. The summed E-state index contributed by atoms with van der Waals surface area (Å²) in [4.78, 5) is 13.9. The summed E-state index contributed by atoms with van der Waals surface area (Å²) in [6.45, 7) is 2.18. The predicted octanol–water partition coefficient (Wildman–Crippen LogP) is 3.17. The van der Waals surface area contributed by atoms with Gasteiger partial charge in [-0.05, 0) is 49.9 Å². The number of piperidine rings is 1. The summed E-state index contributed by atoms with van der Waals surface area (Å²) in [7, 11) is 0. The summed E-state index contributed by atoms with van der Waals surface area (Å²) >= 11 is 0. The number of nitrogens with two attached hydrogens (primary N) is 1. The van der Waals surface area contributed by atoms with Gasteiger partial charge in [-0.1, -0.05) is 19.3 Å². The molecule has 0 radical (unpaired) electrons. The van der Waals surface area contributed by atoms with E-state index in [4.69, 9.17) is 10.8 Å². The summed E-state index contributed by atoms with van der Waals surface area (Å²) in [6, 6.07) is 3.88. The predicted molar refractivity (Wildman–Crippen MR) is 99.3 cm³/mol. The fraction of sp³-hybridized carbons (Fsp3) is 0.600. The highest BCUT2D eigenvalue weighted by atomic mass is 19.1. The van der Waals surface area contributed by atoms with Crippen molar-refractivity contribution in [1.82, 2.24) is 14.7 Å². The first kappa shape index (κ1) is 17.5. The Morgan fingerprint density at radius 1 is 1.15 bits per heavy atom. The van der Waals surface area contributed by atoms with Gasteiger partial charge in [-0.2, -0.15) is 5.10 Å². The van der Waals surface area contributed by atoms with Crippen LogP contribution in [0.2, 0.25) is 0 Å². The second-order valence-electron chi connectivity index (χ2n) is 7.84. The molecule has 1 saturated carbocycles. The van der Waals surface area contributed by atoms with Crippen LogP contribution in [0.3, 0.4) is 0 Å². The van der Waals surface area contributed by atoms with Crippen LogP contribution >= 0.6 is 0 Å². The Kier molecular flexibility index (Phi) is 4.94. The van der Waals surface area contributed by atoms with Crippen molar-refractivity contribution in [2.24, 2.45) is 5.73 Å². The molecule has 2 aliphatic rings. The number of hydrogen-bond donors (Lipinski definition) is 1. The van der Waals surface area contributed by atoms with Crippen LogP contribution in [-0.2, 0) is 11.2 Å². The van der Waals surface area contributed by atoms with E-state index in [1.165, 1.54) is 57.2 Å². The average molecular weight is 358 g/mol. The van der Waals surface area contributed by atoms with Crippen molar-refractivity contribution in [3.63, 3.8) is 0 Å². The summed E-state index contributed by atoms with van der Waals surface area (Å²) in [6.07, 6.45) is 10.9. The molecule has 2 N–H and O–H groups in total. The van der Waals surface area contributed by atoms with Crippen LogP contribution in [-0.4, -0.2) is 39.7 Å². The molecular formula is C20H27FN4O. The van der Waals surface area contributed by atoms with Crippen LogP contribution in [0, 0.1) is 5.82 Å². The van der Waals surface area contributed by atoms with Crippen LogP contribution in [0.1, 0.15) is 56.6 Å². The lowest BCUT2D eigenvalue weighted by molar-refractivity contribution is -0.117. The zero-order valence-corrected chi connectivity index (χ0v) is 15.2. The van der Waals surface area contributed by atoms with Crippen molar-refractivity contribution in [2.75, 3.05) is 13.1 Å². The van der Waals surface area contributed by atoms with Crippen molar-refractivity contribution in [2.45, 2.75) is 63.5 Å². The molecule has 1 atom stereocenters. The molecule has 140 valence electrons. The van der Waals surface area contributed by atoms with E-state index in [0.717, 1.165) is 18.4 Å². The minimum absolute atomic E-state index is 0.0180. The summed E-state index contributed by atoms with van der Waals surface area (Å²) in [5.41, 5.74) is 6.58. The molecule has 5 nitrogen and oxygen atoms in total. The molecule has 26 heavy (non-hydrogen) atoms. The number of nitrogens with zero attached hydrogens (tertiary/aromatic N) is 3. The van der Waals surface area contributed by atoms with Crippen LogP contribution < -0.4 is 5.73 Å². The Morgan fingerprint density at radius 3 is 2.69 bits per heavy atom. The van der Waals surface area contributed by atoms with E-state index in [9.17, 15) is 9.18 Å². The molecule has 4 rings (SSSR count). The monoisotopic (exact) mass is 358 g/mol. The number of halogens is 1. The molecule has 2 heterocycles. The van der Waals surface area contributed by atoms with Gasteiger partial charge in [-0.3, -0.25) is 14.4 Å². The molecule has 6 heteroatoms. The molecule has 2 aromatic rings. The zero-order chi connectivity index (χ0) is 18.1. The molecular weight excluding hydrogens is 331 g/mol. The molecule has 1 aliphatic heterocycles. The van der Waals surface area contributed by atoms with Gasteiger partial charge in [0, 0.05) is 24.2 Å². The smallest absolute Gasteiger partial charge is 0.221 e. The lowest BCUT2D eigenvalue weighted by atomic mass is 9.92. The minimum atomic E-state index is -0.465. The Morgan fingerprint density at radius 2 is 1.92 bits per heavy atom. The number of rotatable bonds is 4. The number of carbonyl (C=O) groups is 1. The standard InChI is InChI=1S/C20H27FN4O/c21-16-9-14(11-19(22)26)20-15(10-16)12-25(23-20)18-7-4-8-24(13-18)17-5-2-1-3-6-17/h9-10,12,17-18H,1-8,11,13H2,(H2,22,26). The number of fused-ring (bicyclic) bond motifs is 1. The quantitative estimate of drug-likeness (QED) is 0.913. The number of aromatic nitrogens is 2. The van der Waals surface area contributed by atoms with Gasteiger partial charge in [0.05, 0.1) is 18.0 Å². The molecule has 1 aromatic carbocycles. The topological polar surface area (TPSA) is 64.2 Å². The summed E-state index contributed by atoms with van der Waals surface area (Å²) in [5, 5.41) is 5.47. The first-order valence-electron chi connectivity index (χ1n) is 9.80. The lowest BCUT2D eigenvalue weighted by Crippen LogP contribution is -2.44. The second kappa shape index (κ2) is 7.35. The van der Waals surface area contributed by atoms with E-state index in [-0.39, 0.29) is 12.2 Å². The largest absolute Gasteiger partial charge is 0.369 e. The van der Waals surface area contributed by atoms with Gasteiger partial charge < -0.3 is 5.73 Å². The van der Waals surface area contributed by atoms with E-state index < -0.39 is 5.91 Å². The number of likely N-dealkylation sites (tertiary alicyclic amines) is 1. The van der Waals surface area contributed by atoms with Crippen LogP contribution in [0.5, 0.6) is 0 Å². The van der Waals surface area contributed by atoms with Gasteiger partial charge in [0.2, 0.25) is 5.91 Å². The van der Waals surface area contributed by atoms with Crippen molar-refractivity contribution in [1.29, 1.82) is 0 Å². The maximum Gasteiger partial charge on any atom is 0.221 e. The second-order valence-corrected chi connectivity index (χ2v) is 7.84. The maximum atomic E-state index is 13.9. The highest BCUT2D eigenvalue weighted by Crippen LogP contribution is 2.30. The maximum absolute atomic E-state index is 13.9. The molecule has 0 bridgehead atoms. The molecule has 1 amide bonds. The number of primary amides is 1. The Labute approximate surface area is 153 Å². The highest BCUT2D eigenvalue weighted by molar-refractivity contribution is 5.87. The molecule has 1 aromatic heterocycles. The Balaban J connectivity index is 1.58. The Hall–Kier alpha value is -1.95. The third kappa shape index (κ3) is 3.61. The van der Waals surface area contributed by atoms with Gasteiger partial charge in [-0.15, -0.1) is 0 Å². The number of benzene rings is 1. The third-order valence-corrected chi connectivity index (χ3v) is 5.93. The number of amides is 1. The van der Waals surface area contributed by atoms with Crippen LogP contribution in [0.25, 0.3) is 10.9 Å². The van der Waals surface area contributed by atoms with Crippen LogP contribution in [0.4, 0.5) is 4.39 Å². The summed E-state index contributed by atoms with van der Waals surface area (Å²) in [5.74, 6) is -0.812. The minimum Gasteiger partial charge on any atom is -0.369 e. The lowest BCUT2D eigenvalue weighted by Gasteiger charge is -2.40. The molecule has 1 saturated heterocycles. The first-order chi connectivity index (χ1) is 12.6. The van der Waals surface area contributed by atoms with E-state index in [2.05, 4.69) is 4.90 Å². The molecule has 1 aliphatic carbocycles. The van der Waals surface area contributed by atoms with Gasteiger partial charge >= 0.3 is 0 Å². The van der Waals surface area contributed by atoms with E-state index >= 15 is 0 Å². The zero-order valence-electron chi connectivity index (χ0n) is 15.2. The fourth-order valence-corrected chi connectivity index (χ4v) is 4.67. The van der Waals surface area contributed by atoms with Crippen molar-refractivity contribution >= 4 is 16.8 Å². The van der Waals surface area contributed by atoms with Gasteiger partial charge in [0.25, 0.3) is 0 Å². The SMILES string of the molecule is NC(=O)Cc1cc(F)cc2cn(C3CCCN(C4CCCCC4)C3)nc12. The van der Waals surface area contributed by atoms with Crippen molar-refractivity contribution in [3.05, 3.63) is 29.7 Å². The van der Waals surface area contributed by atoms with Crippen LogP contribution in [0.15, 0.2) is 18.3 Å². The van der Waals surface area contributed by atoms with Gasteiger partial charge in [0.1, 0.15) is 5.82 Å². The first-order valence-corrected chi connectivity index (χ1v) is 9.80. The van der Waals surface area contributed by atoms with Gasteiger partial charge in [0.15, 0.2) is 0 Å². The normalized spacial score (nSPS) is 22.7. The van der Waals surface area contributed by atoms with E-state index in [1.54, 1.807) is 0 Å². The average Bonchev–Trinajstić information content (AvgIpc) is 3.06. The Bertz CT molecular complexity index is 796. The molecule has 2 fully saturated rings. The van der Waals surface area contributed by atoms with Gasteiger partial charge in [-0.25, -0.2) is 4.39 Å². The fourth-order valence-electron chi connectivity index (χ4n) is 4.67. The molecule has 1 unspecified atom stereocenters.